The van der Waals surface area contributed by atoms with Crippen molar-refractivity contribution in [1.82, 2.24) is 9.80 Å². The lowest BCUT2D eigenvalue weighted by Gasteiger charge is -2.35. The Morgan fingerprint density at radius 1 is 0.862 bits per heavy atom. The minimum atomic E-state index is -0.441. The summed E-state index contributed by atoms with van der Waals surface area (Å²) >= 11 is 0. The summed E-state index contributed by atoms with van der Waals surface area (Å²) in [5.74, 6) is 1.81. The number of piperazine rings is 1. The third kappa shape index (κ3) is 4.65. The van der Waals surface area contributed by atoms with E-state index in [-0.39, 0.29) is 5.76 Å². The molecule has 1 aromatic carbocycles. The predicted octanol–water partition coefficient (Wildman–Crippen LogP) is 2.41. The number of nitrogens with zero attached hydrogens (tertiary/aromatic N) is 2. The number of ether oxygens (including phenoxy) is 4. The Kier molecular flexibility index (Phi) is 7.00. The summed E-state index contributed by atoms with van der Waals surface area (Å²) in [5, 5.41) is 0. The molecule has 1 saturated heterocycles. The minimum absolute atomic E-state index is 0.282. The first-order valence-electron chi connectivity index (χ1n) is 9.48. The maximum absolute atomic E-state index is 11.8. The lowest BCUT2D eigenvalue weighted by atomic mass is 10.1. The molecule has 2 aromatic rings. The molecule has 1 aliphatic heterocycles. The van der Waals surface area contributed by atoms with Crippen LogP contribution in [0.25, 0.3) is 0 Å². The molecule has 1 aromatic heterocycles. The second kappa shape index (κ2) is 9.67. The molecular weight excluding hydrogens is 376 g/mol. The molecule has 0 spiro atoms. The van der Waals surface area contributed by atoms with Crippen molar-refractivity contribution in [3.63, 3.8) is 0 Å². The van der Waals surface area contributed by atoms with Gasteiger partial charge in [0.15, 0.2) is 11.5 Å². The number of carbonyl (C=O) groups is 1. The zero-order chi connectivity index (χ0) is 20.8. The Bertz CT molecular complexity index is 827. The monoisotopic (exact) mass is 404 g/mol. The number of hydrogen-bond acceptors (Lipinski definition) is 8. The highest BCUT2D eigenvalue weighted by Gasteiger charge is 2.23. The highest BCUT2D eigenvalue weighted by Crippen LogP contribution is 2.40. The molecule has 0 bridgehead atoms. The number of carbonyl (C=O) groups excluding carboxylic acids is 1. The summed E-state index contributed by atoms with van der Waals surface area (Å²) in [6, 6.07) is 5.74. The van der Waals surface area contributed by atoms with Crippen LogP contribution in [0.15, 0.2) is 28.9 Å². The summed E-state index contributed by atoms with van der Waals surface area (Å²) in [7, 11) is 6.22. The van der Waals surface area contributed by atoms with Crippen molar-refractivity contribution in [3.8, 4) is 17.2 Å². The minimum Gasteiger partial charge on any atom is -0.493 e. The first-order chi connectivity index (χ1) is 14.1. The Morgan fingerprint density at radius 2 is 1.48 bits per heavy atom. The van der Waals surface area contributed by atoms with Crippen molar-refractivity contribution >= 4 is 5.97 Å². The van der Waals surface area contributed by atoms with Gasteiger partial charge in [0.2, 0.25) is 11.5 Å². The Morgan fingerprint density at radius 3 is 2.03 bits per heavy atom. The molecule has 0 amide bonds. The number of rotatable bonds is 8. The number of benzene rings is 1. The maximum Gasteiger partial charge on any atom is 0.374 e. The Labute approximate surface area is 170 Å². The zero-order valence-corrected chi connectivity index (χ0v) is 17.4. The number of furan rings is 1. The van der Waals surface area contributed by atoms with Gasteiger partial charge in [0, 0.05) is 50.4 Å². The van der Waals surface area contributed by atoms with Crippen LogP contribution in [0.1, 0.15) is 21.7 Å². The molecule has 29 heavy (non-hydrogen) atoms. The van der Waals surface area contributed by atoms with Crippen LogP contribution in [0.3, 0.4) is 0 Å². The van der Waals surface area contributed by atoms with Crippen LogP contribution < -0.4 is 14.2 Å². The molecule has 8 heteroatoms. The van der Waals surface area contributed by atoms with Crippen LogP contribution in [0.2, 0.25) is 0 Å². The van der Waals surface area contributed by atoms with E-state index in [1.54, 1.807) is 21.3 Å². The van der Waals surface area contributed by atoms with Gasteiger partial charge < -0.3 is 23.4 Å². The molecule has 0 atom stereocenters. The molecule has 0 N–H and O–H groups in total. The standard InChI is InChI=1S/C21H28N2O6/c1-25-17-6-5-15(18(26-2)20(17)27-3)13-22-8-10-23(11-9-22)14-16-7-12-29-19(16)21(24)28-4/h5-7,12H,8-11,13-14H2,1-4H3. The average Bonchev–Trinajstić information content (AvgIpc) is 3.22. The Hall–Kier alpha value is -2.71. The molecule has 0 unspecified atom stereocenters. The van der Waals surface area contributed by atoms with Crippen LogP contribution in [0, 0.1) is 0 Å². The lowest BCUT2D eigenvalue weighted by molar-refractivity contribution is 0.0559. The summed E-state index contributed by atoms with van der Waals surface area (Å²) in [5.41, 5.74) is 1.91. The molecule has 3 rings (SSSR count). The van der Waals surface area contributed by atoms with E-state index < -0.39 is 5.97 Å². The fourth-order valence-corrected chi connectivity index (χ4v) is 3.61. The van der Waals surface area contributed by atoms with Gasteiger partial charge in [-0.15, -0.1) is 0 Å². The van der Waals surface area contributed by atoms with E-state index in [4.69, 9.17) is 23.4 Å². The SMILES string of the molecule is COC(=O)c1occc1CN1CCN(Cc2ccc(OC)c(OC)c2OC)CC1. The first-order valence-corrected chi connectivity index (χ1v) is 9.48. The molecule has 0 radical (unpaired) electrons. The van der Waals surface area contributed by atoms with Gasteiger partial charge in [0.25, 0.3) is 0 Å². The van der Waals surface area contributed by atoms with Crippen molar-refractivity contribution in [2.45, 2.75) is 13.1 Å². The molecule has 8 nitrogen and oxygen atoms in total. The van der Waals surface area contributed by atoms with E-state index in [2.05, 4.69) is 9.80 Å². The molecule has 1 aliphatic rings. The summed E-state index contributed by atoms with van der Waals surface area (Å²) in [6.45, 7) is 5.01. The van der Waals surface area contributed by atoms with E-state index >= 15 is 0 Å². The number of hydrogen-bond donors (Lipinski definition) is 0. The molecule has 158 valence electrons. The van der Waals surface area contributed by atoms with E-state index in [1.807, 2.05) is 18.2 Å². The molecule has 2 heterocycles. The fraction of sp³-hybridized carbons (Fsp3) is 0.476. The topological polar surface area (TPSA) is 73.6 Å². The lowest BCUT2D eigenvalue weighted by Crippen LogP contribution is -2.45. The zero-order valence-electron chi connectivity index (χ0n) is 17.4. The molecule has 1 fully saturated rings. The third-order valence-corrected chi connectivity index (χ3v) is 5.16. The molecule has 0 aliphatic carbocycles. The van der Waals surface area contributed by atoms with Gasteiger partial charge in [-0.3, -0.25) is 9.80 Å². The van der Waals surface area contributed by atoms with E-state index in [1.165, 1.54) is 13.4 Å². The third-order valence-electron chi connectivity index (χ3n) is 5.16. The van der Waals surface area contributed by atoms with Gasteiger partial charge in [-0.1, -0.05) is 6.07 Å². The highest BCUT2D eigenvalue weighted by atomic mass is 16.5. The van der Waals surface area contributed by atoms with Crippen LogP contribution in [-0.4, -0.2) is 70.4 Å². The highest BCUT2D eigenvalue weighted by molar-refractivity contribution is 5.87. The summed E-state index contributed by atoms with van der Waals surface area (Å²) in [4.78, 5) is 16.5. The smallest absolute Gasteiger partial charge is 0.374 e. The number of esters is 1. The first kappa shape index (κ1) is 21.0. The summed E-state index contributed by atoms with van der Waals surface area (Å²) < 4.78 is 26.5. The van der Waals surface area contributed by atoms with E-state index in [9.17, 15) is 4.79 Å². The van der Waals surface area contributed by atoms with Crippen LogP contribution >= 0.6 is 0 Å². The van der Waals surface area contributed by atoms with Crippen LogP contribution in [0.5, 0.6) is 17.2 Å². The van der Waals surface area contributed by atoms with Gasteiger partial charge in [-0.25, -0.2) is 4.79 Å². The van der Waals surface area contributed by atoms with Crippen molar-refractivity contribution in [2.75, 3.05) is 54.6 Å². The average molecular weight is 404 g/mol. The van der Waals surface area contributed by atoms with Gasteiger partial charge in [0.05, 0.1) is 34.7 Å². The van der Waals surface area contributed by atoms with Crippen LogP contribution in [-0.2, 0) is 17.8 Å². The second-order valence-corrected chi connectivity index (χ2v) is 6.81. The normalized spacial score (nSPS) is 15.2. The maximum atomic E-state index is 11.8. The molecular formula is C21H28N2O6. The number of methoxy groups -OCH3 is 4. The van der Waals surface area contributed by atoms with Crippen LogP contribution in [0.4, 0.5) is 0 Å². The van der Waals surface area contributed by atoms with E-state index in [0.29, 0.717) is 23.8 Å². The van der Waals surface area contributed by atoms with Gasteiger partial charge in [-0.05, 0) is 12.1 Å². The van der Waals surface area contributed by atoms with Gasteiger partial charge in [-0.2, -0.15) is 0 Å². The summed E-state index contributed by atoms with van der Waals surface area (Å²) in [6.07, 6.45) is 1.53. The molecule has 0 saturated carbocycles. The van der Waals surface area contributed by atoms with Crippen molar-refractivity contribution < 1.29 is 28.2 Å². The second-order valence-electron chi connectivity index (χ2n) is 6.81. The van der Waals surface area contributed by atoms with Gasteiger partial charge in [0.1, 0.15) is 0 Å². The predicted molar refractivity (Wildman–Crippen MR) is 107 cm³/mol. The van der Waals surface area contributed by atoms with Crippen molar-refractivity contribution in [1.29, 1.82) is 0 Å². The quantitative estimate of drug-likeness (QED) is 0.621. The van der Waals surface area contributed by atoms with E-state index in [0.717, 1.165) is 43.9 Å². The largest absolute Gasteiger partial charge is 0.493 e. The van der Waals surface area contributed by atoms with Crippen molar-refractivity contribution in [3.05, 3.63) is 41.3 Å². The fourth-order valence-electron chi connectivity index (χ4n) is 3.61. The van der Waals surface area contributed by atoms with Gasteiger partial charge >= 0.3 is 5.97 Å². The van der Waals surface area contributed by atoms with Crippen molar-refractivity contribution in [2.24, 2.45) is 0 Å². The Balaban J connectivity index is 1.61.